The van der Waals surface area contributed by atoms with E-state index in [2.05, 4.69) is 10.6 Å². The molecule has 2 aromatic rings. The van der Waals surface area contributed by atoms with Crippen molar-refractivity contribution in [1.29, 1.82) is 0 Å². The minimum absolute atomic E-state index is 0.106. The first-order valence-electron chi connectivity index (χ1n) is 9.95. The van der Waals surface area contributed by atoms with Gasteiger partial charge in [0.1, 0.15) is 0 Å². The van der Waals surface area contributed by atoms with Crippen molar-refractivity contribution in [2.75, 3.05) is 14.2 Å². The van der Waals surface area contributed by atoms with Gasteiger partial charge < -0.3 is 15.4 Å². The standard InChI is InChI=1S/C22H31N3O4/c1-14(2)10-16(21(27)29-5)12-20(26)24-15(3)11-17-13-25(22(28)23-4)19-9-7-6-8-18(17)19/h6-9,13-16H,10-12H2,1-5H3,(H,23,28)(H,24,26)/t15-,16?/m1/s1. The number of esters is 1. The van der Waals surface area contributed by atoms with Crippen molar-refractivity contribution in [3.05, 3.63) is 36.0 Å². The van der Waals surface area contributed by atoms with Crippen molar-refractivity contribution in [2.45, 2.75) is 46.1 Å². The fourth-order valence-electron chi connectivity index (χ4n) is 3.64. The molecule has 1 aromatic carbocycles. The Morgan fingerprint density at radius 1 is 1.14 bits per heavy atom. The van der Waals surface area contributed by atoms with Crippen LogP contribution in [-0.4, -0.2) is 42.7 Å². The minimum atomic E-state index is -0.442. The third kappa shape index (κ3) is 5.82. The lowest BCUT2D eigenvalue weighted by atomic mass is 9.93. The lowest BCUT2D eigenvalue weighted by Gasteiger charge is -2.18. The van der Waals surface area contributed by atoms with Crippen LogP contribution >= 0.6 is 0 Å². The highest BCUT2D eigenvalue weighted by Crippen LogP contribution is 2.23. The van der Waals surface area contributed by atoms with Crippen LogP contribution in [0.5, 0.6) is 0 Å². The van der Waals surface area contributed by atoms with E-state index in [0.717, 1.165) is 16.5 Å². The van der Waals surface area contributed by atoms with Gasteiger partial charge in [-0.3, -0.25) is 14.2 Å². The summed E-state index contributed by atoms with van der Waals surface area (Å²) in [4.78, 5) is 36.6. The predicted octanol–water partition coefficient (Wildman–Crippen LogP) is 3.10. The Labute approximate surface area is 171 Å². The molecular formula is C22H31N3O4. The molecule has 0 fully saturated rings. The number of hydrogen-bond donors (Lipinski definition) is 2. The van der Waals surface area contributed by atoms with Gasteiger partial charge in [-0.15, -0.1) is 0 Å². The van der Waals surface area contributed by atoms with E-state index in [9.17, 15) is 14.4 Å². The van der Waals surface area contributed by atoms with Gasteiger partial charge in [0.25, 0.3) is 0 Å². The summed E-state index contributed by atoms with van der Waals surface area (Å²) in [6, 6.07) is 7.32. The maximum absolute atomic E-state index is 12.5. The van der Waals surface area contributed by atoms with Crippen LogP contribution in [0.4, 0.5) is 4.79 Å². The molecule has 2 atom stereocenters. The molecule has 0 saturated heterocycles. The number of nitrogens with zero attached hydrogens (tertiary/aromatic N) is 1. The molecular weight excluding hydrogens is 370 g/mol. The van der Waals surface area contributed by atoms with Gasteiger partial charge in [0.05, 0.1) is 18.5 Å². The van der Waals surface area contributed by atoms with Gasteiger partial charge in [-0.25, -0.2) is 4.79 Å². The normalized spacial score (nSPS) is 13.2. The molecule has 1 unspecified atom stereocenters. The highest BCUT2D eigenvalue weighted by molar-refractivity contribution is 5.93. The smallest absolute Gasteiger partial charge is 0.325 e. The summed E-state index contributed by atoms with van der Waals surface area (Å²) < 4.78 is 6.42. The number of methoxy groups -OCH3 is 1. The summed E-state index contributed by atoms with van der Waals surface area (Å²) in [6.45, 7) is 5.94. The number of hydrogen-bond acceptors (Lipinski definition) is 4. The molecule has 0 aliphatic carbocycles. The first-order valence-corrected chi connectivity index (χ1v) is 9.95. The molecule has 158 valence electrons. The second kappa shape index (κ2) is 10.1. The molecule has 2 N–H and O–H groups in total. The second-order valence-corrected chi connectivity index (χ2v) is 7.82. The lowest BCUT2D eigenvalue weighted by molar-refractivity contribution is -0.148. The fraction of sp³-hybridized carbons (Fsp3) is 0.500. The third-order valence-electron chi connectivity index (χ3n) is 4.88. The number of nitrogens with one attached hydrogen (secondary N) is 2. The summed E-state index contributed by atoms with van der Waals surface area (Å²) in [5.74, 6) is -0.679. The van der Waals surface area contributed by atoms with Crippen LogP contribution < -0.4 is 10.6 Å². The molecule has 7 heteroatoms. The van der Waals surface area contributed by atoms with E-state index in [0.29, 0.717) is 18.8 Å². The first kappa shape index (κ1) is 22.5. The van der Waals surface area contributed by atoms with Crippen LogP contribution in [0.3, 0.4) is 0 Å². The number of rotatable bonds is 8. The van der Waals surface area contributed by atoms with Crippen LogP contribution in [0.25, 0.3) is 10.9 Å². The molecule has 1 heterocycles. The number of amides is 2. The number of benzene rings is 1. The van der Waals surface area contributed by atoms with E-state index < -0.39 is 5.92 Å². The van der Waals surface area contributed by atoms with Crippen molar-refractivity contribution in [2.24, 2.45) is 11.8 Å². The van der Waals surface area contributed by atoms with E-state index >= 15 is 0 Å². The molecule has 0 aliphatic heterocycles. The molecule has 0 saturated carbocycles. The molecule has 1 aromatic heterocycles. The average molecular weight is 402 g/mol. The van der Waals surface area contributed by atoms with Gasteiger partial charge in [0.2, 0.25) is 5.91 Å². The number of ether oxygens (including phenoxy) is 1. The van der Waals surface area contributed by atoms with Gasteiger partial charge in [-0.1, -0.05) is 32.0 Å². The number of carbonyl (C=O) groups is 3. The van der Waals surface area contributed by atoms with E-state index in [-0.39, 0.29) is 30.4 Å². The van der Waals surface area contributed by atoms with Gasteiger partial charge >= 0.3 is 12.0 Å². The first-order chi connectivity index (χ1) is 13.8. The number of aromatic nitrogens is 1. The van der Waals surface area contributed by atoms with Crippen LogP contribution in [0.1, 0.15) is 39.2 Å². The van der Waals surface area contributed by atoms with Gasteiger partial charge in [0, 0.05) is 31.1 Å². The number of fused-ring (bicyclic) bond motifs is 1. The van der Waals surface area contributed by atoms with Gasteiger partial charge in [-0.05, 0) is 37.3 Å². The Morgan fingerprint density at radius 3 is 2.45 bits per heavy atom. The molecule has 0 spiro atoms. The quantitative estimate of drug-likeness (QED) is 0.665. The zero-order chi connectivity index (χ0) is 21.6. The Kier molecular flexibility index (Phi) is 7.82. The third-order valence-corrected chi connectivity index (χ3v) is 4.88. The van der Waals surface area contributed by atoms with Crippen LogP contribution in [0.2, 0.25) is 0 Å². The van der Waals surface area contributed by atoms with Crippen molar-refractivity contribution < 1.29 is 19.1 Å². The fourth-order valence-corrected chi connectivity index (χ4v) is 3.64. The molecule has 7 nitrogen and oxygen atoms in total. The zero-order valence-corrected chi connectivity index (χ0v) is 17.8. The molecule has 0 radical (unpaired) electrons. The highest BCUT2D eigenvalue weighted by atomic mass is 16.5. The molecule has 0 bridgehead atoms. The summed E-state index contributed by atoms with van der Waals surface area (Å²) in [6.07, 6.45) is 3.09. The predicted molar refractivity (Wildman–Crippen MR) is 113 cm³/mol. The zero-order valence-electron chi connectivity index (χ0n) is 17.8. The average Bonchev–Trinajstić information content (AvgIpc) is 3.04. The molecule has 2 rings (SSSR count). The van der Waals surface area contributed by atoms with Crippen molar-refractivity contribution in [1.82, 2.24) is 15.2 Å². The van der Waals surface area contributed by atoms with Crippen LogP contribution in [-0.2, 0) is 20.7 Å². The summed E-state index contributed by atoms with van der Waals surface area (Å²) in [5.41, 5.74) is 1.80. The van der Waals surface area contributed by atoms with Crippen molar-refractivity contribution in [3.8, 4) is 0 Å². The monoisotopic (exact) mass is 401 g/mol. The van der Waals surface area contributed by atoms with Crippen molar-refractivity contribution in [3.63, 3.8) is 0 Å². The highest BCUT2D eigenvalue weighted by Gasteiger charge is 2.24. The summed E-state index contributed by atoms with van der Waals surface area (Å²) in [7, 11) is 2.94. The molecule has 29 heavy (non-hydrogen) atoms. The van der Waals surface area contributed by atoms with Gasteiger partial charge in [-0.2, -0.15) is 0 Å². The van der Waals surface area contributed by atoms with E-state index in [1.807, 2.05) is 51.2 Å². The number of para-hydroxylation sites is 1. The van der Waals surface area contributed by atoms with E-state index in [4.69, 9.17) is 4.74 Å². The van der Waals surface area contributed by atoms with Crippen LogP contribution in [0, 0.1) is 11.8 Å². The molecule has 0 aliphatic rings. The summed E-state index contributed by atoms with van der Waals surface area (Å²) >= 11 is 0. The van der Waals surface area contributed by atoms with Gasteiger partial charge in [0.15, 0.2) is 0 Å². The minimum Gasteiger partial charge on any atom is -0.469 e. The summed E-state index contributed by atoms with van der Waals surface area (Å²) in [5, 5.41) is 6.58. The maximum Gasteiger partial charge on any atom is 0.325 e. The largest absolute Gasteiger partial charge is 0.469 e. The Hall–Kier alpha value is -2.83. The van der Waals surface area contributed by atoms with Crippen molar-refractivity contribution >= 4 is 28.8 Å². The lowest BCUT2D eigenvalue weighted by Crippen LogP contribution is -2.36. The Bertz CT molecular complexity index is 872. The molecule has 2 amide bonds. The second-order valence-electron chi connectivity index (χ2n) is 7.82. The Morgan fingerprint density at radius 2 is 1.83 bits per heavy atom. The SMILES string of the molecule is CNC(=O)n1cc(C[C@@H](C)NC(=O)CC(CC(C)C)C(=O)OC)c2ccccc21. The van der Waals surface area contributed by atoms with E-state index in [1.165, 1.54) is 7.11 Å². The topological polar surface area (TPSA) is 89.4 Å². The van der Waals surface area contributed by atoms with Crippen LogP contribution in [0.15, 0.2) is 30.5 Å². The number of carbonyl (C=O) groups excluding carboxylic acids is 3. The maximum atomic E-state index is 12.5. The van der Waals surface area contributed by atoms with E-state index in [1.54, 1.807) is 11.6 Å². The Balaban J connectivity index is 2.08.